The van der Waals surface area contributed by atoms with Crippen molar-refractivity contribution in [3.63, 3.8) is 0 Å². The molecule has 0 unspecified atom stereocenters. The molecule has 0 spiro atoms. The average Bonchev–Trinajstić information content (AvgIpc) is 3.25. The van der Waals surface area contributed by atoms with Gasteiger partial charge in [0.15, 0.2) is 6.04 Å². The van der Waals surface area contributed by atoms with Crippen LogP contribution < -0.4 is 10.6 Å². The van der Waals surface area contributed by atoms with E-state index in [1.165, 1.54) is 18.7 Å². The predicted molar refractivity (Wildman–Crippen MR) is 123 cm³/mol. The monoisotopic (exact) mass is 477 g/mol. The first kappa shape index (κ1) is 27.1. The molecule has 10 nitrogen and oxygen atoms in total. The van der Waals surface area contributed by atoms with Crippen LogP contribution >= 0.6 is 0 Å². The van der Waals surface area contributed by atoms with Crippen molar-refractivity contribution < 1.29 is 33.8 Å². The highest BCUT2D eigenvalue weighted by molar-refractivity contribution is 5.93. The van der Waals surface area contributed by atoms with Gasteiger partial charge in [0, 0.05) is 6.54 Å². The zero-order chi connectivity index (χ0) is 25.5. The van der Waals surface area contributed by atoms with Gasteiger partial charge in [-0.3, -0.25) is 14.5 Å². The van der Waals surface area contributed by atoms with Gasteiger partial charge in [-0.1, -0.05) is 30.3 Å². The Morgan fingerprint density at radius 1 is 1.12 bits per heavy atom. The Morgan fingerprint density at radius 3 is 2.35 bits per heavy atom. The number of likely N-dealkylation sites (tertiary alicyclic amines) is 1. The molecular formula is C24H35N3O7. The molecule has 2 rings (SSSR count). The summed E-state index contributed by atoms with van der Waals surface area (Å²) in [6, 6.07) is 5.92. The summed E-state index contributed by atoms with van der Waals surface area (Å²) < 4.78 is 10.6. The molecule has 4 atom stereocenters. The van der Waals surface area contributed by atoms with Crippen molar-refractivity contribution in [2.24, 2.45) is 0 Å². The summed E-state index contributed by atoms with van der Waals surface area (Å²) in [6.45, 7) is 8.41. The van der Waals surface area contributed by atoms with Crippen LogP contribution in [0.1, 0.15) is 53.0 Å². The summed E-state index contributed by atoms with van der Waals surface area (Å²) in [5.74, 6) is -1.96. The normalized spacial score (nSPS) is 18.4. The zero-order valence-corrected chi connectivity index (χ0v) is 20.4. The summed E-state index contributed by atoms with van der Waals surface area (Å²) >= 11 is 0. The Bertz CT molecular complexity index is 867. The Labute approximate surface area is 200 Å². The molecule has 1 fully saturated rings. The van der Waals surface area contributed by atoms with Gasteiger partial charge < -0.3 is 25.2 Å². The maximum atomic E-state index is 12.8. The number of aliphatic hydroxyl groups is 1. The molecule has 1 saturated heterocycles. The first-order valence-electron chi connectivity index (χ1n) is 11.4. The fraction of sp³-hybridized carbons (Fsp3) is 0.583. The second kappa shape index (κ2) is 11.8. The third-order valence-electron chi connectivity index (χ3n) is 5.19. The van der Waals surface area contributed by atoms with Gasteiger partial charge in [0.1, 0.15) is 24.3 Å². The largest absolute Gasteiger partial charge is 0.459 e. The first-order chi connectivity index (χ1) is 15.9. The van der Waals surface area contributed by atoms with Gasteiger partial charge in [0.25, 0.3) is 0 Å². The summed E-state index contributed by atoms with van der Waals surface area (Å²) in [6.07, 6.45) is -0.721. The average molecular weight is 478 g/mol. The van der Waals surface area contributed by atoms with Crippen LogP contribution in [-0.4, -0.2) is 70.3 Å². The topological polar surface area (TPSA) is 134 Å². The van der Waals surface area contributed by atoms with Crippen LogP contribution in [0.15, 0.2) is 30.3 Å². The number of hydrogen-bond acceptors (Lipinski definition) is 7. The molecule has 188 valence electrons. The van der Waals surface area contributed by atoms with Gasteiger partial charge in [-0.25, -0.2) is 9.59 Å². The zero-order valence-electron chi connectivity index (χ0n) is 20.4. The number of carbonyl (C=O) groups excluding carboxylic acids is 4. The van der Waals surface area contributed by atoms with Gasteiger partial charge >= 0.3 is 12.1 Å². The number of amides is 3. The summed E-state index contributed by atoms with van der Waals surface area (Å²) in [5.41, 5.74) is 0.0668. The molecular weight excluding hydrogens is 442 g/mol. The molecule has 1 aromatic rings. The van der Waals surface area contributed by atoms with Crippen LogP contribution in [0, 0.1) is 0 Å². The number of hydrogen-bond donors (Lipinski definition) is 3. The van der Waals surface area contributed by atoms with Crippen molar-refractivity contribution >= 4 is 23.9 Å². The van der Waals surface area contributed by atoms with Crippen molar-refractivity contribution in [3.8, 4) is 0 Å². The maximum Gasteiger partial charge on any atom is 0.410 e. The number of benzene rings is 1. The standard InChI is InChI=1S/C24H35N3O7/c1-15(25-21(30)18-12-9-13-27(18)23(32)34-24(3,4)5)20(29)26-19(16(2)28)22(31)33-14-17-10-7-6-8-11-17/h6-8,10-11,15-16,18-19,28H,9,12-14H2,1-5H3,(H,25,30)(H,26,29)/t15-,16+,18-,19-/m0/s1. The lowest BCUT2D eigenvalue weighted by atomic mass is 10.1. The highest BCUT2D eigenvalue weighted by Crippen LogP contribution is 2.21. The molecule has 3 amide bonds. The summed E-state index contributed by atoms with van der Waals surface area (Å²) in [7, 11) is 0. The SMILES string of the molecule is C[C@H](NC(=O)[C@@H]1CCCN1C(=O)OC(C)(C)C)C(=O)N[C@H](C(=O)OCc1ccccc1)[C@@H](C)O. The van der Waals surface area contributed by atoms with Crippen molar-refractivity contribution in [2.45, 2.75) is 83.9 Å². The van der Waals surface area contributed by atoms with Crippen LogP contribution in [-0.2, 0) is 30.5 Å². The van der Waals surface area contributed by atoms with E-state index in [2.05, 4.69) is 10.6 Å². The minimum atomic E-state index is -1.31. The van der Waals surface area contributed by atoms with Crippen LogP contribution in [0.3, 0.4) is 0 Å². The van der Waals surface area contributed by atoms with E-state index < -0.39 is 53.7 Å². The van der Waals surface area contributed by atoms with Gasteiger partial charge in [-0.2, -0.15) is 0 Å². The number of carbonyl (C=O) groups is 4. The highest BCUT2D eigenvalue weighted by atomic mass is 16.6. The minimum absolute atomic E-state index is 0.00671. The molecule has 0 aromatic heterocycles. The Hall–Kier alpha value is -3.14. The molecule has 1 aromatic carbocycles. The second-order valence-electron chi connectivity index (χ2n) is 9.38. The lowest BCUT2D eigenvalue weighted by molar-refractivity contribution is -0.152. The fourth-order valence-corrected chi connectivity index (χ4v) is 3.43. The molecule has 3 N–H and O–H groups in total. The molecule has 10 heteroatoms. The molecule has 0 bridgehead atoms. The molecule has 34 heavy (non-hydrogen) atoms. The fourth-order valence-electron chi connectivity index (χ4n) is 3.43. The number of esters is 1. The lowest BCUT2D eigenvalue weighted by Crippen LogP contribution is -2.56. The maximum absolute atomic E-state index is 12.8. The second-order valence-corrected chi connectivity index (χ2v) is 9.38. The first-order valence-corrected chi connectivity index (χ1v) is 11.4. The van der Waals surface area contributed by atoms with E-state index in [1.807, 2.05) is 6.07 Å². The molecule has 0 saturated carbocycles. The molecule has 1 aliphatic rings. The number of rotatable bonds is 8. The minimum Gasteiger partial charge on any atom is -0.459 e. The number of ether oxygens (including phenoxy) is 2. The van der Waals surface area contributed by atoms with Crippen LogP contribution in [0.4, 0.5) is 4.79 Å². The van der Waals surface area contributed by atoms with Crippen molar-refractivity contribution in [1.29, 1.82) is 0 Å². The Balaban J connectivity index is 1.93. The highest BCUT2D eigenvalue weighted by Gasteiger charge is 2.38. The van der Waals surface area contributed by atoms with Crippen LogP contribution in [0.5, 0.6) is 0 Å². The third kappa shape index (κ3) is 8.02. The van der Waals surface area contributed by atoms with E-state index in [0.717, 1.165) is 5.56 Å². The smallest absolute Gasteiger partial charge is 0.410 e. The van der Waals surface area contributed by atoms with Crippen LogP contribution in [0.25, 0.3) is 0 Å². The summed E-state index contributed by atoms with van der Waals surface area (Å²) in [4.78, 5) is 51.6. The van der Waals surface area contributed by atoms with Crippen LogP contribution in [0.2, 0.25) is 0 Å². The number of nitrogens with one attached hydrogen (secondary N) is 2. The lowest BCUT2D eigenvalue weighted by Gasteiger charge is -2.29. The van der Waals surface area contributed by atoms with Gasteiger partial charge in [-0.15, -0.1) is 0 Å². The van der Waals surface area contributed by atoms with E-state index in [0.29, 0.717) is 19.4 Å². The molecule has 0 aliphatic carbocycles. The Kier molecular flexibility index (Phi) is 9.43. The van der Waals surface area contributed by atoms with E-state index in [1.54, 1.807) is 45.0 Å². The van der Waals surface area contributed by atoms with Crippen molar-refractivity contribution in [3.05, 3.63) is 35.9 Å². The van der Waals surface area contributed by atoms with Crippen molar-refractivity contribution in [2.75, 3.05) is 6.54 Å². The number of nitrogens with zero attached hydrogens (tertiary/aromatic N) is 1. The van der Waals surface area contributed by atoms with E-state index >= 15 is 0 Å². The van der Waals surface area contributed by atoms with E-state index in [-0.39, 0.29) is 6.61 Å². The van der Waals surface area contributed by atoms with Gasteiger partial charge in [0.2, 0.25) is 11.8 Å². The van der Waals surface area contributed by atoms with E-state index in [9.17, 15) is 24.3 Å². The quantitative estimate of drug-likeness (QED) is 0.483. The third-order valence-corrected chi connectivity index (χ3v) is 5.19. The van der Waals surface area contributed by atoms with Gasteiger partial charge in [0.05, 0.1) is 6.10 Å². The summed E-state index contributed by atoms with van der Waals surface area (Å²) in [5, 5.41) is 15.0. The molecule has 1 aliphatic heterocycles. The Morgan fingerprint density at radius 2 is 1.76 bits per heavy atom. The van der Waals surface area contributed by atoms with Gasteiger partial charge in [-0.05, 0) is 53.0 Å². The molecule has 0 radical (unpaired) electrons. The number of aliphatic hydroxyl groups excluding tert-OH is 1. The predicted octanol–water partition coefficient (Wildman–Crippen LogP) is 1.50. The molecule has 1 heterocycles. The van der Waals surface area contributed by atoms with Crippen molar-refractivity contribution in [1.82, 2.24) is 15.5 Å². The van der Waals surface area contributed by atoms with E-state index in [4.69, 9.17) is 9.47 Å².